The van der Waals surface area contributed by atoms with Gasteiger partial charge >= 0.3 is 0 Å². The van der Waals surface area contributed by atoms with E-state index in [4.69, 9.17) is 5.73 Å². The zero-order valence-corrected chi connectivity index (χ0v) is 10.4. The van der Waals surface area contributed by atoms with E-state index in [1.54, 1.807) is 24.5 Å². The quantitative estimate of drug-likeness (QED) is 0.892. The molecule has 2 heterocycles. The number of carbonyl (C=O) groups excluding carboxylic acids is 1. The molecule has 0 aliphatic carbocycles. The molecule has 0 fully saturated rings. The minimum atomic E-state index is -0.446. The molecule has 0 aliphatic heterocycles. The summed E-state index contributed by atoms with van der Waals surface area (Å²) < 4.78 is 0. The Bertz CT molecular complexity index is 673. The molecule has 2 rings (SSSR count). The Kier molecular flexibility index (Phi) is 3.53. The minimum Gasteiger partial charge on any atom is -0.369 e. The molecule has 0 unspecified atom stereocenters. The van der Waals surface area contributed by atoms with Crippen molar-refractivity contribution in [2.45, 2.75) is 13.3 Å². The largest absolute Gasteiger partial charge is 0.369 e. The summed E-state index contributed by atoms with van der Waals surface area (Å²) in [5, 5.41) is 9.19. The molecule has 2 N–H and O–H groups in total. The van der Waals surface area contributed by atoms with Crippen LogP contribution in [0.15, 0.2) is 30.6 Å². The van der Waals surface area contributed by atoms with Crippen LogP contribution in [0.25, 0.3) is 11.3 Å². The number of aryl methyl sites for hydroxylation is 1. The number of nitrogens with two attached hydrogens (primary N) is 1. The Morgan fingerprint density at radius 3 is 2.84 bits per heavy atom. The Balaban J connectivity index is 2.47. The molecular formula is C14H12N4O. The van der Waals surface area contributed by atoms with Crippen LogP contribution >= 0.6 is 0 Å². The van der Waals surface area contributed by atoms with Crippen LogP contribution < -0.4 is 5.73 Å². The van der Waals surface area contributed by atoms with Crippen molar-refractivity contribution < 1.29 is 4.79 Å². The van der Waals surface area contributed by atoms with Crippen LogP contribution in [0.4, 0.5) is 0 Å². The van der Waals surface area contributed by atoms with Crippen LogP contribution in [0.3, 0.4) is 0 Å². The molecule has 5 nitrogen and oxygen atoms in total. The highest BCUT2D eigenvalue weighted by molar-refractivity contribution is 5.77. The predicted octanol–water partition coefficient (Wildman–Crippen LogP) is 1.35. The Labute approximate surface area is 110 Å². The molecule has 19 heavy (non-hydrogen) atoms. The summed E-state index contributed by atoms with van der Waals surface area (Å²) in [6, 6.07) is 7.39. The van der Waals surface area contributed by atoms with E-state index in [0.29, 0.717) is 16.8 Å². The summed E-state index contributed by atoms with van der Waals surface area (Å²) in [6.07, 6.45) is 3.32. The Morgan fingerprint density at radius 2 is 2.21 bits per heavy atom. The van der Waals surface area contributed by atoms with Gasteiger partial charge in [-0.15, -0.1) is 0 Å². The number of rotatable bonds is 3. The van der Waals surface area contributed by atoms with Crippen LogP contribution in [-0.4, -0.2) is 15.9 Å². The summed E-state index contributed by atoms with van der Waals surface area (Å²) in [7, 11) is 0. The fourth-order valence-electron chi connectivity index (χ4n) is 1.81. The molecule has 0 radical (unpaired) electrons. The lowest BCUT2D eigenvalue weighted by atomic mass is 10.0. The molecule has 0 bridgehead atoms. The van der Waals surface area contributed by atoms with Crippen LogP contribution in [0.2, 0.25) is 0 Å². The second-order valence-electron chi connectivity index (χ2n) is 4.18. The normalized spacial score (nSPS) is 9.89. The standard InChI is InChI=1S/C14H12N4O/c1-9-4-11(2-3-17-9)14-12(7-15)5-10(8-18-14)6-13(16)19/h2-5,8H,6H2,1H3,(H2,16,19). The van der Waals surface area contributed by atoms with Gasteiger partial charge in [-0.05, 0) is 30.7 Å². The van der Waals surface area contributed by atoms with E-state index >= 15 is 0 Å². The van der Waals surface area contributed by atoms with Gasteiger partial charge in [0.2, 0.25) is 5.91 Å². The second kappa shape index (κ2) is 5.27. The molecule has 5 heteroatoms. The van der Waals surface area contributed by atoms with E-state index in [9.17, 15) is 10.1 Å². The summed E-state index contributed by atoms with van der Waals surface area (Å²) in [5.41, 5.74) is 8.45. The third-order valence-electron chi connectivity index (χ3n) is 2.61. The number of nitriles is 1. The molecule has 2 aromatic heterocycles. The molecule has 0 aromatic carbocycles. The third-order valence-corrected chi connectivity index (χ3v) is 2.61. The van der Waals surface area contributed by atoms with Crippen molar-refractivity contribution in [2.24, 2.45) is 5.73 Å². The maximum atomic E-state index is 10.9. The number of hydrogen-bond donors (Lipinski definition) is 1. The van der Waals surface area contributed by atoms with Gasteiger partial charge < -0.3 is 5.73 Å². The summed E-state index contributed by atoms with van der Waals surface area (Å²) in [5.74, 6) is -0.446. The first-order chi connectivity index (χ1) is 9.10. The predicted molar refractivity (Wildman–Crippen MR) is 69.8 cm³/mol. The average molecular weight is 252 g/mol. The van der Waals surface area contributed by atoms with Crippen molar-refractivity contribution in [3.8, 4) is 17.3 Å². The van der Waals surface area contributed by atoms with Crippen molar-refractivity contribution in [2.75, 3.05) is 0 Å². The molecule has 0 spiro atoms. The lowest BCUT2D eigenvalue weighted by molar-refractivity contribution is -0.117. The second-order valence-corrected chi connectivity index (χ2v) is 4.18. The van der Waals surface area contributed by atoms with Crippen LogP contribution in [-0.2, 0) is 11.2 Å². The van der Waals surface area contributed by atoms with Gasteiger partial charge in [0.05, 0.1) is 17.7 Å². The summed E-state index contributed by atoms with van der Waals surface area (Å²) in [6.45, 7) is 1.87. The first-order valence-corrected chi connectivity index (χ1v) is 5.70. The van der Waals surface area contributed by atoms with Gasteiger partial charge in [0.25, 0.3) is 0 Å². The number of amides is 1. The Morgan fingerprint density at radius 1 is 1.42 bits per heavy atom. The molecule has 0 atom stereocenters. The van der Waals surface area contributed by atoms with Gasteiger partial charge in [-0.3, -0.25) is 14.8 Å². The molecule has 94 valence electrons. The molecule has 0 saturated carbocycles. The summed E-state index contributed by atoms with van der Waals surface area (Å²) in [4.78, 5) is 19.2. The van der Waals surface area contributed by atoms with E-state index in [-0.39, 0.29) is 6.42 Å². The van der Waals surface area contributed by atoms with Gasteiger partial charge in [-0.25, -0.2) is 0 Å². The number of pyridine rings is 2. The lowest BCUT2D eigenvalue weighted by Crippen LogP contribution is -2.14. The highest BCUT2D eigenvalue weighted by atomic mass is 16.1. The van der Waals surface area contributed by atoms with Gasteiger partial charge in [0.15, 0.2) is 0 Å². The number of hydrogen-bond acceptors (Lipinski definition) is 4. The number of carbonyl (C=O) groups is 1. The van der Waals surface area contributed by atoms with Crippen LogP contribution in [0, 0.1) is 18.3 Å². The first kappa shape index (κ1) is 12.7. The number of nitrogens with zero attached hydrogens (tertiary/aromatic N) is 3. The molecule has 1 amide bonds. The van der Waals surface area contributed by atoms with E-state index < -0.39 is 5.91 Å². The van der Waals surface area contributed by atoms with E-state index in [0.717, 1.165) is 11.3 Å². The third kappa shape index (κ3) is 2.93. The smallest absolute Gasteiger partial charge is 0.221 e. The van der Waals surface area contributed by atoms with Crippen molar-refractivity contribution in [3.63, 3.8) is 0 Å². The fraction of sp³-hybridized carbons (Fsp3) is 0.143. The fourth-order valence-corrected chi connectivity index (χ4v) is 1.81. The van der Waals surface area contributed by atoms with Gasteiger partial charge in [0.1, 0.15) is 6.07 Å². The first-order valence-electron chi connectivity index (χ1n) is 5.70. The van der Waals surface area contributed by atoms with Crippen LogP contribution in [0.5, 0.6) is 0 Å². The van der Waals surface area contributed by atoms with Crippen molar-refractivity contribution >= 4 is 5.91 Å². The zero-order chi connectivity index (χ0) is 13.8. The van der Waals surface area contributed by atoms with Gasteiger partial charge in [-0.2, -0.15) is 5.26 Å². The topological polar surface area (TPSA) is 92.7 Å². The zero-order valence-electron chi connectivity index (χ0n) is 10.4. The van der Waals surface area contributed by atoms with E-state index in [1.807, 2.05) is 13.0 Å². The van der Waals surface area contributed by atoms with Crippen molar-refractivity contribution in [1.82, 2.24) is 9.97 Å². The number of primary amides is 1. The van der Waals surface area contributed by atoms with Crippen molar-refractivity contribution in [1.29, 1.82) is 5.26 Å². The maximum Gasteiger partial charge on any atom is 0.221 e. The molecule has 0 aliphatic rings. The summed E-state index contributed by atoms with van der Waals surface area (Å²) >= 11 is 0. The number of aromatic nitrogens is 2. The lowest BCUT2D eigenvalue weighted by Gasteiger charge is -2.06. The monoisotopic (exact) mass is 252 g/mol. The SMILES string of the molecule is Cc1cc(-c2ncc(CC(N)=O)cc2C#N)ccn1. The van der Waals surface area contributed by atoms with Gasteiger partial charge in [-0.1, -0.05) is 0 Å². The maximum absolute atomic E-state index is 10.9. The minimum absolute atomic E-state index is 0.0807. The van der Waals surface area contributed by atoms with Crippen LogP contribution in [0.1, 0.15) is 16.8 Å². The van der Waals surface area contributed by atoms with E-state index in [2.05, 4.69) is 16.0 Å². The van der Waals surface area contributed by atoms with Gasteiger partial charge in [0, 0.05) is 23.7 Å². The molecule has 2 aromatic rings. The molecular weight excluding hydrogens is 240 g/mol. The van der Waals surface area contributed by atoms with Crippen molar-refractivity contribution in [3.05, 3.63) is 47.4 Å². The Hall–Kier alpha value is -2.74. The van der Waals surface area contributed by atoms with E-state index in [1.165, 1.54) is 0 Å². The molecule has 0 saturated heterocycles. The highest BCUT2D eigenvalue weighted by Gasteiger charge is 2.09. The highest BCUT2D eigenvalue weighted by Crippen LogP contribution is 2.22. The average Bonchev–Trinajstić information content (AvgIpc) is 2.37.